The molecule has 1 saturated carbocycles. The van der Waals surface area contributed by atoms with Gasteiger partial charge < -0.3 is 10.6 Å². The Balaban J connectivity index is 1.49. The average molecular weight is 310 g/mol. The minimum atomic E-state index is -0.0919. The fraction of sp³-hybridized carbons (Fsp3) is 0.389. The highest BCUT2D eigenvalue weighted by molar-refractivity contribution is 5.74. The number of nitrogens with one attached hydrogen (secondary N) is 2. The van der Waals surface area contributed by atoms with Crippen molar-refractivity contribution in [2.24, 2.45) is 0 Å². The van der Waals surface area contributed by atoms with Crippen molar-refractivity contribution in [3.05, 3.63) is 48.3 Å². The molecule has 120 valence electrons. The molecule has 1 aliphatic rings. The number of amides is 2. The Morgan fingerprint density at radius 2 is 1.87 bits per heavy atom. The summed E-state index contributed by atoms with van der Waals surface area (Å²) < 4.78 is 0. The van der Waals surface area contributed by atoms with Gasteiger partial charge in [-0.15, -0.1) is 0 Å². The van der Waals surface area contributed by atoms with Crippen LogP contribution in [0.3, 0.4) is 0 Å². The van der Waals surface area contributed by atoms with E-state index in [4.69, 9.17) is 0 Å². The quantitative estimate of drug-likeness (QED) is 0.910. The van der Waals surface area contributed by atoms with E-state index >= 15 is 0 Å². The largest absolute Gasteiger partial charge is 0.335 e. The highest BCUT2D eigenvalue weighted by Crippen LogP contribution is 2.17. The van der Waals surface area contributed by atoms with E-state index in [1.807, 2.05) is 30.3 Å². The Morgan fingerprint density at radius 1 is 1.04 bits per heavy atom. The van der Waals surface area contributed by atoms with Crippen LogP contribution in [0, 0.1) is 0 Å². The number of urea groups is 1. The summed E-state index contributed by atoms with van der Waals surface area (Å²) in [6.07, 6.45) is 9.43. The lowest BCUT2D eigenvalue weighted by atomic mass is 9.96. The minimum absolute atomic E-state index is 0.0919. The lowest BCUT2D eigenvalue weighted by Crippen LogP contribution is -2.42. The number of pyridine rings is 2. The predicted octanol–water partition coefficient (Wildman–Crippen LogP) is 3.28. The van der Waals surface area contributed by atoms with Crippen LogP contribution in [-0.4, -0.2) is 22.0 Å². The first kappa shape index (κ1) is 15.5. The lowest BCUT2D eigenvalue weighted by molar-refractivity contribution is 0.232. The molecular weight excluding hydrogens is 288 g/mol. The molecule has 1 fully saturated rings. The van der Waals surface area contributed by atoms with Crippen LogP contribution in [0.5, 0.6) is 0 Å². The molecule has 5 heteroatoms. The molecule has 2 aromatic heterocycles. The molecule has 0 saturated heterocycles. The van der Waals surface area contributed by atoms with Crippen molar-refractivity contribution < 1.29 is 4.79 Å². The number of hydrogen-bond acceptors (Lipinski definition) is 3. The summed E-state index contributed by atoms with van der Waals surface area (Å²) in [7, 11) is 0. The first-order valence-electron chi connectivity index (χ1n) is 8.22. The second-order valence-electron chi connectivity index (χ2n) is 5.93. The van der Waals surface area contributed by atoms with Crippen LogP contribution in [-0.2, 0) is 6.54 Å². The van der Waals surface area contributed by atoms with Gasteiger partial charge >= 0.3 is 6.03 Å². The van der Waals surface area contributed by atoms with Crippen LogP contribution in [0.25, 0.3) is 11.4 Å². The molecule has 0 atom stereocenters. The Labute approximate surface area is 136 Å². The zero-order valence-electron chi connectivity index (χ0n) is 13.2. The first-order chi connectivity index (χ1) is 11.3. The monoisotopic (exact) mass is 310 g/mol. The number of nitrogens with zero attached hydrogens (tertiary/aromatic N) is 2. The summed E-state index contributed by atoms with van der Waals surface area (Å²) in [4.78, 5) is 20.6. The van der Waals surface area contributed by atoms with Crippen LogP contribution in [0.2, 0.25) is 0 Å². The molecule has 1 aliphatic carbocycles. The van der Waals surface area contributed by atoms with Crippen molar-refractivity contribution in [1.82, 2.24) is 20.6 Å². The molecule has 2 N–H and O–H groups in total. The van der Waals surface area contributed by atoms with Gasteiger partial charge in [0, 0.05) is 25.0 Å². The van der Waals surface area contributed by atoms with Gasteiger partial charge in [-0.3, -0.25) is 9.97 Å². The van der Waals surface area contributed by atoms with E-state index in [1.54, 1.807) is 12.4 Å². The topological polar surface area (TPSA) is 66.9 Å². The number of rotatable bonds is 4. The predicted molar refractivity (Wildman–Crippen MR) is 89.7 cm³/mol. The van der Waals surface area contributed by atoms with E-state index in [1.165, 1.54) is 19.3 Å². The van der Waals surface area contributed by atoms with Crippen molar-refractivity contribution in [3.8, 4) is 11.4 Å². The summed E-state index contributed by atoms with van der Waals surface area (Å²) in [5, 5.41) is 5.95. The standard InChI is InChI=1S/C18H22N4O/c23-18(22-15-6-2-1-3-7-15)21-13-14-9-10-17(20-12-14)16-8-4-5-11-19-16/h4-5,8-12,15H,1-3,6-7,13H2,(H2,21,22,23). The van der Waals surface area contributed by atoms with E-state index < -0.39 is 0 Å². The highest BCUT2D eigenvalue weighted by Gasteiger charge is 2.15. The lowest BCUT2D eigenvalue weighted by Gasteiger charge is -2.22. The van der Waals surface area contributed by atoms with Gasteiger partial charge in [0.15, 0.2) is 0 Å². The molecule has 5 nitrogen and oxygen atoms in total. The number of aromatic nitrogens is 2. The molecule has 23 heavy (non-hydrogen) atoms. The van der Waals surface area contributed by atoms with Gasteiger partial charge in [0.05, 0.1) is 11.4 Å². The summed E-state index contributed by atoms with van der Waals surface area (Å²) in [6, 6.07) is 9.88. The fourth-order valence-corrected chi connectivity index (χ4v) is 2.86. The molecule has 0 radical (unpaired) electrons. The van der Waals surface area contributed by atoms with Crippen molar-refractivity contribution in [2.45, 2.75) is 44.7 Å². The maximum Gasteiger partial charge on any atom is 0.315 e. The second kappa shape index (κ2) is 7.72. The molecule has 0 bridgehead atoms. The molecule has 2 amide bonds. The summed E-state index contributed by atoms with van der Waals surface area (Å²) >= 11 is 0. The van der Waals surface area contributed by atoms with E-state index in [-0.39, 0.29) is 6.03 Å². The number of hydrogen-bond donors (Lipinski definition) is 2. The Kier molecular flexibility index (Phi) is 5.19. The van der Waals surface area contributed by atoms with E-state index in [9.17, 15) is 4.79 Å². The summed E-state index contributed by atoms with van der Waals surface area (Å²) in [5.74, 6) is 0. The zero-order valence-corrected chi connectivity index (χ0v) is 13.2. The third kappa shape index (κ3) is 4.52. The average Bonchev–Trinajstić information content (AvgIpc) is 2.62. The van der Waals surface area contributed by atoms with Gasteiger partial charge in [-0.05, 0) is 36.6 Å². The molecule has 0 aromatic carbocycles. The van der Waals surface area contributed by atoms with Crippen LogP contribution >= 0.6 is 0 Å². The minimum Gasteiger partial charge on any atom is -0.335 e. The molecule has 3 rings (SSSR count). The van der Waals surface area contributed by atoms with Gasteiger partial charge in [0.1, 0.15) is 0 Å². The van der Waals surface area contributed by atoms with E-state index in [0.29, 0.717) is 12.6 Å². The number of carbonyl (C=O) groups is 1. The van der Waals surface area contributed by atoms with Gasteiger partial charge in [-0.1, -0.05) is 31.4 Å². The normalized spacial score (nSPS) is 15.1. The Morgan fingerprint density at radius 3 is 2.57 bits per heavy atom. The maximum atomic E-state index is 11.9. The van der Waals surface area contributed by atoms with Crippen molar-refractivity contribution in [2.75, 3.05) is 0 Å². The molecule has 0 unspecified atom stereocenters. The Bertz CT molecular complexity index is 621. The van der Waals surface area contributed by atoms with E-state index in [0.717, 1.165) is 29.8 Å². The molecule has 2 heterocycles. The van der Waals surface area contributed by atoms with Gasteiger partial charge in [0.2, 0.25) is 0 Å². The molecule has 0 spiro atoms. The fourth-order valence-electron chi connectivity index (χ4n) is 2.86. The third-order valence-corrected chi connectivity index (χ3v) is 4.15. The van der Waals surface area contributed by atoms with E-state index in [2.05, 4.69) is 20.6 Å². The third-order valence-electron chi connectivity index (χ3n) is 4.15. The van der Waals surface area contributed by atoms with Gasteiger partial charge in [-0.2, -0.15) is 0 Å². The second-order valence-corrected chi connectivity index (χ2v) is 5.93. The summed E-state index contributed by atoms with van der Waals surface area (Å²) in [5.41, 5.74) is 2.66. The van der Waals surface area contributed by atoms with Crippen LogP contribution < -0.4 is 10.6 Å². The van der Waals surface area contributed by atoms with Crippen LogP contribution in [0.1, 0.15) is 37.7 Å². The first-order valence-corrected chi connectivity index (χ1v) is 8.22. The zero-order chi connectivity index (χ0) is 15.9. The van der Waals surface area contributed by atoms with Crippen molar-refractivity contribution in [1.29, 1.82) is 0 Å². The molecular formula is C18H22N4O. The van der Waals surface area contributed by atoms with Crippen molar-refractivity contribution in [3.63, 3.8) is 0 Å². The van der Waals surface area contributed by atoms with Crippen molar-refractivity contribution >= 4 is 6.03 Å². The SMILES string of the molecule is O=C(NCc1ccc(-c2ccccn2)nc1)NC1CCCCC1. The van der Waals surface area contributed by atoms with Gasteiger partial charge in [-0.25, -0.2) is 4.79 Å². The van der Waals surface area contributed by atoms with Crippen LogP contribution in [0.4, 0.5) is 4.79 Å². The highest BCUT2D eigenvalue weighted by atomic mass is 16.2. The van der Waals surface area contributed by atoms with Gasteiger partial charge in [0.25, 0.3) is 0 Å². The number of carbonyl (C=O) groups excluding carboxylic acids is 1. The Hall–Kier alpha value is -2.43. The summed E-state index contributed by atoms with van der Waals surface area (Å²) in [6.45, 7) is 0.480. The molecule has 2 aromatic rings. The maximum absolute atomic E-state index is 11.9. The molecule has 0 aliphatic heterocycles. The van der Waals surface area contributed by atoms with Crippen LogP contribution in [0.15, 0.2) is 42.7 Å². The smallest absolute Gasteiger partial charge is 0.315 e.